The van der Waals surface area contributed by atoms with Crippen LogP contribution in [0.1, 0.15) is 0 Å². The van der Waals surface area contributed by atoms with Crippen molar-refractivity contribution in [1.82, 2.24) is 0 Å². The molecule has 0 amide bonds. The standard InChI is InChI=1S/C13H10F2N2O5S/c1-22-13-6-8(17(18)19)2-5-12(13)16-23(20,21)9-3-4-10(14)11(15)7-9/h2-7,16H,1H3. The van der Waals surface area contributed by atoms with E-state index in [-0.39, 0.29) is 17.1 Å². The molecule has 7 nitrogen and oxygen atoms in total. The van der Waals surface area contributed by atoms with Crippen molar-refractivity contribution >= 4 is 21.4 Å². The lowest BCUT2D eigenvalue weighted by Gasteiger charge is -2.11. The van der Waals surface area contributed by atoms with Gasteiger partial charge in [-0.3, -0.25) is 14.8 Å². The summed E-state index contributed by atoms with van der Waals surface area (Å²) in [4.78, 5) is 9.52. The van der Waals surface area contributed by atoms with E-state index >= 15 is 0 Å². The van der Waals surface area contributed by atoms with Crippen LogP contribution in [0.3, 0.4) is 0 Å². The Hall–Kier alpha value is -2.75. The van der Waals surface area contributed by atoms with E-state index in [0.29, 0.717) is 12.1 Å². The first-order valence-corrected chi connectivity index (χ1v) is 7.53. The Kier molecular flexibility index (Phi) is 4.45. The molecular weight excluding hydrogens is 334 g/mol. The Labute approximate surface area is 129 Å². The molecule has 0 saturated heterocycles. The van der Waals surface area contributed by atoms with Crippen LogP contribution in [-0.4, -0.2) is 20.5 Å². The summed E-state index contributed by atoms with van der Waals surface area (Å²) in [6.45, 7) is 0. The normalized spacial score (nSPS) is 11.1. The number of anilines is 1. The van der Waals surface area contributed by atoms with Crippen LogP contribution in [0, 0.1) is 21.7 Å². The molecule has 122 valence electrons. The molecule has 2 aromatic rings. The van der Waals surface area contributed by atoms with E-state index < -0.39 is 31.5 Å². The number of hydrogen-bond donors (Lipinski definition) is 1. The number of nitrogens with one attached hydrogen (secondary N) is 1. The minimum absolute atomic E-state index is 0.0807. The molecule has 23 heavy (non-hydrogen) atoms. The van der Waals surface area contributed by atoms with Gasteiger partial charge < -0.3 is 4.74 Å². The van der Waals surface area contributed by atoms with Crippen molar-refractivity contribution in [3.8, 4) is 5.75 Å². The third kappa shape index (κ3) is 3.54. The van der Waals surface area contributed by atoms with Gasteiger partial charge in [0.15, 0.2) is 11.6 Å². The zero-order valence-corrected chi connectivity index (χ0v) is 12.4. The van der Waals surface area contributed by atoms with Gasteiger partial charge in [-0.1, -0.05) is 0 Å². The summed E-state index contributed by atoms with van der Waals surface area (Å²) in [6.07, 6.45) is 0. The molecule has 0 radical (unpaired) electrons. The van der Waals surface area contributed by atoms with Crippen molar-refractivity contribution in [3.05, 3.63) is 58.1 Å². The zero-order valence-electron chi connectivity index (χ0n) is 11.6. The van der Waals surface area contributed by atoms with E-state index in [2.05, 4.69) is 4.72 Å². The summed E-state index contributed by atoms with van der Waals surface area (Å²) >= 11 is 0. The number of benzene rings is 2. The number of ether oxygens (including phenoxy) is 1. The maximum absolute atomic E-state index is 13.2. The molecule has 0 atom stereocenters. The number of nitro benzene ring substituents is 1. The summed E-state index contributed by atoms with van der Waals surface area (Å²) in [5.74, 6) is -2.59. The smallest absolute Gasteiger partial charge is 0.273 e. The van der Waals surface area contributed by atoms with Gasteiger partial charge >= 0.3 is 0 Å². The minimum atomic E-state index is -4.22. The maximum Gasteiger partial charge on any atom is 0.273 e. The molecule has 0 aliphatic carbocycles. The van der Waals surface area contributed by atoms with Crippen molar-refractivity contribution in [2.45, 2.75) is 4.90 Å². The average molecular weight is 344 g/mol. The van der Waals surface area contributed by atoms with Gasteiger partial charge in [-0.2, -0.15) is 0 Å². The second-order valence-corrected chi connectivity index (χ2v) is 6.01. The Morgan fingerprint density at radius 1 is 1.13 bits per heavy atom. The maximum atomic E-state index is 13.2. The molecule has 0 heterocycles. The van der Waals surface area contributed by atoms with E-state index in [9.17, 15) is 27.3 Å². The van der Waals surface area contributed by atoms with Gasteiger partial charge in [-0.25, -0.2) is 17.2 Å². The molecule has 10 heteroatoms. The summed E-state index contributed by atoms with van der Waals surface area (Å²) in [5, 5.41) is 10.7. The molecule has 0 spiro atoms. The van der Waals surface area contributed by atoms with Crippen LogP contribution in [0.2, 0.25) is 0 Å². The van der Waals surface area contributed by atoms with Crippen molar-refractivity contribution < 1.29 is 26.9 Å². The Morgan fingerprint density at radius 2 is 1.83 bits per heavy atom. The third-order valence-corrected chi connectivity index (χ3v) is 4.20. The van der Waals surface area contributed by atoms with Crippen LogP contribution in [0.4, 0.5) is 20.2 Å². The lowest BCUT2D eigenvalue weighted by Crippen LogP contribution is -2.14. The van der Waals surface area contributed by atoms with E-state index in [1.165, 1.54) is 7.11 Å². The first-order chi connectivity index (χ1) is 10.7. The summed E-state index contributed by atoms with van der Waals surface area (Å²) in [7, 11) is -3.02. The van der Waals surface area contributed by atoms with Crippen LogP contribution in [0.25, 0.3) is 0 Å². The number of nitrogens with zero attached hydrogens (tertiary/aromatic N) is 1. The van der Waals surface area contributed by atoms with Gasteiger partial charge in [0.05, 0.1) is 28.7 Å². The highest BCUT2D eigenvalue weighted by Gasteiger charge is 2.20. The first-order valence-electron chi connectivity index (χ1n) is 6.05. The topological polar surface area (TPSA) is 98.5 Å². The van der Waals surface area contributed by atoms with Crippen LogP contribution < -0.4 is 9.46 Å². The highest BCUT2D eigenvalue weighted by atomic mass is 32.2. The lowest BCUT2D eigenvalue weighted by atomic mass is 10.2. The number of rotatable bonds is 5. The van der Waals surface area contributed by atoms with E-state index in [1.54, 1.807) is 0 Å². The summed E-state index contributed by atoms with van der Waals surface area (Å²) in [5.41, 5.74) is -0.375. The van der Waals surface area contributed by atoms with Gasteiger partial charge in [0, 0.05) is 6.07 Å². The first kappa shape index (κ1) is 16.6. The fourth-order valence-electron chi connectivity index (χ4n) is 1.73. The van der Waals surface area contributed by atoms with Gasteiger partial charge in [-0.15, -0.1) is 0 Å². The van der Waals surface area contributed by atoms with Gasteiger partial charge in [0.25, 0.3) is 15.7 Å². The fraction of sp³-hybridized carbons (Fsp3) is 0.0769. The molecule has 1 N–H and O–H groups in total. The largest absolute Gasteiger partial charge is 0.494 e. The van der Waals surface area contributed by atoms with Gasteiger partial charge in [0.2, 0.25) is 0 Å². The van der Waals surface area contributed by atoms with E-state index in [4.69, 9.17) is 4.74 Å². The van der Waals surface area contributed by atoms with Gasteiger partial charge in [0.1, 0.15) is 5.75 Å². The summed E-state index contributed by atoms with van der Waals surface area (Å²) < 4.78 is 57.4. The lowest BCUT2D eigenvalue weighted by molar-refractivity contribution is -0.384. The molecule has 0 aliphatic rings. The molecule has 0 bridgehead atoms. The molecule has 0 unspecified atom stereocenters. The van der Waals surface area contributed by atoms with Crippen molar-refractivity contribution in [2.75, 3.05) is 11.8 Å². The van der Waals surface area contributed by atoms with Gasteiger partial charge in [-0.05, 0) is 24.3 Å². The fourth-order valence-corrected chi connectivity index (χ4v) is 2.81. The number of methoxy groups -OCH3 is 1. The molecule has 0 aliphatic heterocycles. The molecular formula is C13H10F2N2O5S. The zero-order chi connectivity index (χ0) is 17.2. The second kappa shape index (κ2) is 6.16. The van der Waals surface area contributed by atoms with Crippen molar-refractivity contribution in [3.63, 3.8) is 0 Å². The van der Waals surface area contributed by atoms with E-state index in [1.807, 2.05) is 0 Å². The monoisotopic (exact) mass is 344 g/mol. The highest BCUT2D eigenvalue weighted by molar-refractivity contribution is 7.92. The SMILES string of the molecule is COc1cc([N+](=O)[O-])ccc1NS(=O)(=O)c1ccc(F)c(F)c1. The third-order valence-electron chi connectivity index (χ3n) is 2.84. The molecule has 0 aromatic heterocycles. The average Bonchev–Trinajstić information content (AvgIpc) is 2.49. The van der Waals surface area contributed by atoms with E-state index in [0.717, 1.165) is 24.3 Å². The molecule has 0 fully saturated rings. The summed E-state index contributed by atoms with van der Waals surface area (Å²) in [6, 6.07) is 5.33. The molecule has 2 rings (SSSR count). The second-order valence-electron chi connectivity index (χ2n) is 4.32. The van der Waals surface area contributed by atoms with Crippen LogP contribution in [0.5, 0.6) is 5.75 Å². The van der Waals surface area contributed by atoms with Crippen LogP contribution >= 0.6 is 0 Å². The Balaban J connectivity index is 2.40. The van der Waals surface area contributed by atoms with Crippen molar-refractivity contribution in [2.24, 2.45) is 0 Å². The van der Waals surface area contributed by atoms with Crippen molar-refractivity contribution in [1.29, 1.82) is 0 Å². The number of non-ortho nitro benzene ring substituents is 1. The number of sulfonamides is 1. The quantitative estimate of drug-likeness (QED) is 0.664. The van der Waals surface area contributed by atoms with Crippen LogP contribution in [0.15, 0.2) is 41.3 Å². The predicted octanol–water partition coefficient (Wildman–Crippen LogP) is 2.68. The number of halogens is 2. The number of nitro groups is 1. The predicted molar refractivity (Wildman–Crippen MR) is 76.8 cm³/mol. The Bertz CT molecular complexity index is 871. The highest BCUT2D eigenvalue weighted by Crippen LogP contribution is 2.31. The molecule has 0 saturated carbocycles. The van der Waals surface area contributed by atoms with Crippen LogP contribution in [-0.2, 0) is 10.0 Å². The Morgan fingerprint density at radius 3 is 2.39 bits per heavy atom. The molecule has 2 aromatic carbocycles. The minimum Gasteiger partial charge on any atom is -0.494 e. The number of hydrogen-bond acceptors (Lipinski definition) is 5.